The van der Waals surface area contributed by atoms with Gasteiger partial charge in [-0.15, -0.1) is 22.7 Å². The van der Waals surface area contributed by atoms with Crippen molar-refractivity contribution in [1.29, 1.82) is 0 Å². The number of rotatable bonds is 7. The van der Waals surface area contributed by atoms with Gasteiger partial charge in [-0.2, -0.15) is 0 Å². The summed E-state index contributed by atoms with van der Waals surface area (Å²) in [5.74, 6) is -0.284. The molecule has 2 heterocycles. The highest BCUT2D eigenvalue weighted by Crippen LogP contribution is 2.39. The molecule has 3 aromatic rings. The highest BCUT2D eigenvalue weighted by Gasteiger charge is 2.27. The van der Waals surface area contributed by atoms with Gasteiger partial charge < -0.3 is 10.1 Å². The van der Waals surface area contributed by atoms with Crippen LogP contribution in [0.5, 0.6) is 0 Å². The summed E-state index contributed by atoms with van der Waals surface area (Å²) in [6.45, 7) is 2.10. The monoisotopic (exact) mass is 492 g/mol. The highest BCUT2D eigenvalue weighted by molar-refractivity contribution is 8.01. The number of fused-ring (bicyclic) bond motifs is 1. The van der Waals surface area contributed by atoms with E-state index in [9.17, 15) is 9.59 Å². The van der Waals surface area contributed by atoms with Gasteiger partial charge in [0.2, 0.25) is 5.91 Å². The summed E-state index contributed by atoms with van der Waals surface area (Å²) >= 11 is 10.3. The molecule has 2 aromatic heterocycles. The average molecular weight is 493 g/mol. The second kappa shape index (κ2) is 10.2. The molecule has 0 spiro atoms. The fourth-order valence-corrected chi connectivity index (χ4v) is 6.49. The summed E-state index contributed by atoms with van der Waals surface area (Å²) in [4.78, 5) is 30.9. The molecule has 1 aliphatic rings. The van der Waals surface area contributed by atoms with Crippen molar-refractivity contribution in [3.05, 3.63) is 50.7 Å². The molecule has 0 saturated carbocycles. The number of thioether (sulfide) groups is 1. The molecule has 5 nitrogen and oxygen atoms in total. The number of aromatic nitrogens is 1. The fraction of sp³-hybridized carbons (Fsp3) is 0.318. The molecular formula is C22H21ClN2O3S3. The number of hydrogen-bond acceptors (Lipinski definition) is 7. The van der Waals surface area contributed by atoms with Gasteiger partial charge in [0.25, 0.3) is 0 Å². The largest absolute Gasteiger partial charge is 0.462 e. The Kier molecular flexibility index (Phi) is 7.32. The summed E-state index contributed by atoms with van der Waals surface area (Å²) in [5.41, 5.74) is 3.43. The third-order valence-corrected chi connectivity index (χ3v) is 8.33. The Labute approximate surface area is 198 Å². The van der Waals surface area contributed by atoms with Crippen LogP contribution in [-0.4, -0.2) is 29.2 Å². The first-order valence-electron chi connectivity index (χ1n) is 10.0. The number of benzene rings is 1. The van der Waals surface area contributed by atoms with Crippen molar-refractivity contribution >= 4 is 62.9 Å². The van der Waals surface area contributed by atoms with Crippen LogP contribution in [0, 0.1) is 0 Å². The van der Waals surface area contributed by atoms with E-state index in [1.165, 1.54) is 39.3 Å². The van der Waals surface area contributed by atoms with Crippen molar-refractivity contribution < 1.29 is 14.3 Å². The first kappa shape index (κ1) is 22.3. The molecule has 162 valence electrons. The van der Waals surface area contributed by atoms with E-state index in [1.54, 1.807) is 6.92 Å². The molecular weight excluding hydrogens is 472 g/mol. The number of amides is 1. The third kappa shape index (κ3) is 5.31. The number of hydrogen-bond donors (Lipinski definition) is 1. The number of nitrogens with zero attached hydrogens (tertiary/aromatic N) is 1. The van der Waals surface area contributed by atoms with Crippen LogP contribution in [0.2, 0.25) is 5.02 Å². The lowest BCUT2D eigenvalue weighted by molar-refractivity contribution is -0.113. The molecule has 0 fully saturated rings. The number of nitrogens with one attached hydrogen (secondary N) is 1. The van der Waals surface area contributed by atoms with Crippen LogP contribution in [0.15, 0.2) is 34.0 Å². The molecule has 0 saturated heterocycles. The van der Waals surface area contributed by atoms with E-state index >= 15 is 0 Å². The number of thiophene rings is 1. The zero-order valence-electron chi connectivity index (χ0n) is 16.9. The van der Waals surface area contributed by atoms with Gasteiger partial charge in [-0.25, -0.2) is 9.78 Å². The summed E-state index contributed by atoms with van der Waals surface area (Å²) in [7, 11) is 0. The van der Waals surface area contributed by atoms with Crippen molar-refractivity contribution in [3.8, 4) is 11.3 Å². The van der Waals surface area contributed by atoms with Gasteiger partial charge >= 0.3 is 5.97 Å². The Bertz CT molecular complexity index is 1090. The van der Waals surface area contributed by atoms with Gasteiger partial charge in [0, 0.05) is 20.8 Å². The van der Waals surface area contributed by atoms with Crippen molar-refractivity contribution in [2.24, 2.45) is 0 Å². The van der Waals surface area contributed by atoms with Crippen LogP contribution >= 0.6 is 46.0 Å². The highest BCUT2D eigenvalue weighted by atomic mass is 35.5. The fourth-order valence-electron chi connectivity index (χ4n) is 3.44. The maximum Gasteiger partial charge on any atom is 0.341 e. The smallest absolute Gasteiger partial charge is 0.341 e. The second-order valence-electron chi connectivity index (χ2n) is 6.98. The van der Waals surface area contributed by atoms with E-state index in [0.29, 0.717) is 22.2 Å². The standard InChI is InChI=1S/C22H21ClN2O3S3/c1-2-28-21(27)19-15-5-3-4-6-17(15)31-20(19)25-18(26)12-30-22-24-16(11-29-22)13-7-9-14(23)10-8-13/h7-11H,2-6,12H2,1H3,(H,25,26). The summed E-state index contributed by atoms with van der Waals surface area (Å²) < 4.78 is 6.07. The number of aryl methyl sites for hydroxylation is 1. The minimum absolute atomic E-state index is 0.155. The zero-order valence-corrected chi connectivity index (χ0v) is 20.1. The van der Waals surface area contributed by atoms with Crippen LogP contribution < -0.4 is 5.32 Å². The lowest BCUT2D eigenvalue weighted by Gasteiger charge is -2.12. The molecule has 4 rings (SSSR count). The topological polar surface area (TPSA) is 68.3 Å². The number of thiazole rings is 1. The van der Waals surface area contributed by atoms with Gasteiger partial charge in [-0.1, -0.05) is 35.5 Å². The van der Waals surface area contributed by atoms with Gasteiger partial charge in [-0.05, 0) is 50.3 Å². The van der Waals surface area contributed by atoms with E-state index in [2.05, 4.69) is 10.3 Å². The minimum Gasteiger partial charge on any atom is -0.462 e. The Morgan fingerprint density at radius 2 is 2.00 bits per heavy atom. The molecule has 1 aliphatic carbocycles. The predicted molar refractivity (Wildman–Crippen MR) is 129 cm³/mol. The molecule has 1 N–H and O–H groups in total. The second-order valence-corrected chi connectivity index (χ2v) is 10.6. The Hall–Kier alpha value is -1.87. The molecule has 1 aromatic carbocycles. The molecule has 1 amide bonds. The molecule has 31 heavy (non-hydrogen) atoms. The van der Waals surface area contributed by atoms with Gasteiger partial charge in [-0.3, -0.25) is 4.79 Å². The number of esters is 1. The molecule has 0 radical (unpaired) electrons. The lowest BCUT2D eigenvalue weighted by atomic mass is 9.95. The first-order valence-corrected chi connectivity index (χ1v) is 13.1. The Balaban J connectivity index is 1.42. The summed E-state index contributed by atoms with van der Waals surface area (Å²) in [5, 5.41) is 6.20. The van der Waals surface area contributed by atoms with E-state index < -0.39 is 0 Å². The lowest BCUT2D eigenvalue weighted by Crippen LogP contribution is -2.17. The van der Waals surface area contributed by atoms with Crippen molar-refractivity contribution in [3.63, 3.8) is 0 Å². The first-order chi connectivity index (χ1) is 15.0. The normalized spacial score (nSPS) is 13.0. The quantitative estimate of drug-likeness (QED) is 0.309. The van der Waals surface area contributed by atoms with Crippen molar-refractivity contribution in [2.75, 3.05) is 17.7 Å². The minimum atomic E-state index is -0.350. The molecule has 0 aliphatic heterocycles. The third-order valence-electron chi connectivity index (χ3n) is 4.85. The number of ether oxygens (including phenoxy) is 1. The number of carbonyl (C=O) groups is 2. The van der Waals surface area contributed by atoms with E-state index in [-0.39, 0.29) is 17.6 Å². The van der Waals surface area contributed by atoms with Crippen LogP contribution in [0.25, 0.3) is 11.3 Å². The Morgan fingerprint density at radius 3 is 2.77 bits per heavy atom. The van der Waals surface area contributed by atoms with E-state index in [4.69, 9.17) is 16.3 Å². The molecule has 0 atom stereocenters. The molecule has 9 heteroatoms. The predicted octanol–water partition coefficient (Wildman–Crippen LogP) is 6.31. The van der Waals surface area contributed by atoms with Crippen LogP contribution in [0.3, 0.4) is 0 Å². The SMILES string of the molecule is CCOC(=O)c1c(NC(=O)CSc2nc(-c3ccc(Cl)cc3)cs2)sc2c1CCCC2. The van der Waals surface area contributed by atoms with E-state index in [0.717, 1.165) is 46.8 Å². The maximum absolute atomic E-state index is 12.6. The van der Waals surface area contributed by atoms with Gasteiger partial charge in [0.05, 0.1) is 23.6 Å². The Morgan fingerprint density at radius 1 is 1.23 bits per heavy atom. The summed E-state index contributed by atoms with van der Waals surface area (Å²) in [6, 6.07) is 7.51. The van der Waals surface area contributed by atoms with Crippen molar-refractivity contribution in [2.45, 2.75) is 36.9 Å². The number of anilines is 1. The van der Waals surface area contributed by atoms with Crippen LogP contribution in [0.1, 0.15) is 40.6 Å². The van der Waals surface area contributed by atoms with E-state index in [1.807, 2.05) is 29.6 Å². The zero-order chi connectivity index (χ0) is 21.8. The number of halogens is 1. The van der Waals surface area contributed by atoms with Gasteiger partial charge in [0.15, 0.2) is 4.34 Å². The maximum atomic E-state index is 12.6. The van der Waals surface area contributed by atoms with Gasteiger partial charge in [0.1, 0.15) is 5.00 Å². The molecule has 0 bridgehead atoms. The summed E-state index contributed by atoms with van der Waals surface area (Å²) in [6.07, 6.45) is 3.97. The average Bonchev–Trinajstić information content (AvgIpc) is 3.37. The van der Waals surface area contributed by atoms with Crippen LogP contribution in [-0.2, 0) is 22.4 Å². The van der Waals surface area contributed by atoms with Crippen molar-refractivity contribution in [1.82, 2.24) is 4.98 Å². The van der Waals surface area contributed by atoms with Crippen LogP contribution in [0.4, 0.5) is 5.00 Å². The molecule has 0 unspecified atom stereocenters. The number of carbonyl (C=O) groups excluding carboxylic acids is 2.